The summed E-state index contributed by atoms with van der Waals surface area (Å²) >= 11 is 0. The summed E-state index contributed by atoms with van der Waals surface area (Å²) in [5.74, 6) is 0. The molecule has 1 aromatic carbocycles. The van der Waals surface area contributed by atoms with Gasteiger partial charge in [0.1, 0.15) is 5.52 Å². The lowest BCUT2D eigenvalue weighted by molar-refractivity contribution is 0.954. The van der Waals surface area contributed by atoms with Crippen LogP contribution in [0, 0.1) is 0 Å². The molecule has 0 fully saturated rings. The fraction of sp³-hybridized carbons (Fsp3) is 0. The number of pyridine rings is 1. The Labute approximate surface area is 102 Å². The number of nitrogens with zero attached hydrogens (tertiary/aromatic N) is 3. The van der Waals surface area contributed by atoms with Crippen LogP contribution in [0.1, 0.15) is 0 Å². The van der Waals surface area contributed by atoms with Crippen LogP contribution in [-0.2, 0) is 0 Å². The van der Waals surface area contributed by atoms with Crippen LogP contribution in [0.15, 0.2) is 42.7 Å². The van der Waals surface area contributed by atoms with Crippen molar-refractivity contribution in [3.8, 4) is 11.1 Å². The van der Waals surface area contributed by atoms with Crippen molar-refractivity contribution in [3.63, 3.8) is 0 Å². The molecule has 0 radical (unpaired) electrons. The van der Waals surface area contributed by atoms with Gasteiger partial charge in [0.2, 0.25) is 5.65 Å². The highest BCUT2D eigenvalue weighted by atomic mass is 15.3. The number of aromatic amines is 2. The van der Waals surface area contributed by atoms with E-state index in [1.807, 2.05) is 30.6 Å². The highest BCUT2D eigenvalue weighted by Gasteiger charge is 2.08. The first-order valence-corrected chi connectivity index (χ1v) is 5.65. The summed E-state index contributed by atoms with van der Waals surface area (Å²) in [6.45, 7) is 0. The Hall–Kier alpha value is -2.69. The molecule has 18 heavy (non-hydrogen) atoms. The molecule has 0 unspecified atom stereocenters. The zero-order valence-corrected chi connectivity index (χ0v) is 9.38. The van der Waals surface area contributed by atoms with Crippen LogP contribution >= 0.6 is 0 Å². The van der Waals surface area contributed by atoms with E-state index in [0.717, 1.165) is 22.2 Å². The molecule has 0 aliphatic carbocycles. The van der Waals surface area contributed by atoms with Gasteiger partial charge in [-0.1, -0.05) is 18.2 Å². The third-order valence-electron chi connectivity index (χ3n) is 3.07. The number of benzene rings is 1. The van der Waals surface area contributed by atoms with Gasteiger partial charge in [-0.05, 0) is 12.1 Å². The van der Waals surface area contributed by atoms with E-state index in [2.05, 4.69) is 37.5 Å². The third kappa shape index (κ3) is 1.24. The number of H-pyrrole nitrogens is 2. The van der Waals surface area contributed by atoms with Crippen molar-refractivity contribution in [3.05, 3.63) is 42.7 Å². The highest BCUT2D eigenvalue weighted by molar-refractivity contribution is 5.96. The lowest BCUT2D eigenvalue weighted by atomic mass is 10.1. The van der Waals surface area contributed by atoms with Gasteiger partial charge in [-0.2, -0.15) is 10.3 Å². The lowest BCUT2D eigenvalue weighted by Crippen LogP contribution is -1.81. The minimum absolute atomic E-state index is 0.638. The average Bonchev–Trinajstić information content (AvgIpc) is 3.04. The molecule has 4 rings (SSSR count). The Balaban J connectivity index is 2.00. The van der Waals surface area contributed by atoms with E-state index in [9.17, 15) is 0 Å². The van der Waals surface area contributed by atoms with Crippen molar-refractivity contribution in [1.82, 2.24) is 25.4 Å². The van der Waals surface area contributed by atoms with Crippen molar-refractivity contribution in [2.24, 2.45) is 0 Å². The standard InChI is InChI=1S/C13H9N5/c1-2-4-11-9(3-1)10(7-14-11)8-5-12-13(15-6-8)17-18-16-12/h1-7,14H,(H,15,16,17,18). The molecular weight excluding hydrogens is 226 g/mol. The quantitative estimate of drug-likeness (QED) is 0.532. The fourth-order valence-corrected chi connectivity index (χ4v) is 2.20. The Morgan fingerprint density at radius 1 is 1.06 bits per heavy atom. The van der Waals surface area contributed by atoms with E-state index in [1.165, 1.54) is 5.39 Å². The predicted molar refractivity (Wildman–Crippen MR) is 69.0 cm³/mol. The lowest BCUT2D eigenvalue weighted by Gasteiger charge is -1.98. The van der Waals surface area contributed by atoms with Gasteiger partial charge in [0, 0.05) is 34.4 Å². The maximum absolute atomic E-state index is 4.29. The first-order valence-electron chi connectivity index (χ1n) is 5.65. The molecule has 3 aromatic heterocycles. The van der Waals surface area contributed by atoms with Crippen LogP contribution in [0.4, 0.5) is 0 Å². The van der Waals surface area contributed by atoms with Crippen LogP contribution in [0.3, 0.4) is 0 Å². The van der Waals surface area contributed by atoms with Crippen molar-refractivity contribution in [2.75, 3.05) is 0 Å². The molecule has 0 aliphatic rings. The molecule has 0 saturated heterocycles. The van der Waals surface area contributed by atoms with E-state index in [4.69, 9.17) is 0 Å². The normalized spacial score (nSPS) is 11.3. The predicted octanol–water partition coefficient (Wildman–Crippen LogP) is 2.50. The van der Waals surface area contributed by atoms with Crippen LogP contribution in [0.2, 0.25) is 0 Å². The molecule has 0 amide bonds. The van der Waals surface area contributed by atoms with E-state index in [1.54, 1.807) is 0 Å². The molecular formula is C13H9N5. The second-order valence-electron chi connectivity index (χ2n) is 4.14. The first kappa shape index (κ1) is 9.35. The summed E-state index contributed by atoms with van der Waals surface area (Å²) in [7, 11) is 0. The molecule has 5 nitrogen and oxygen atoms in total. The molecule has 2 N–H and O–H groups in total. The molecule has 0 spiro atoms. The summed E-state index contributed by atoms with van der Waals surface area (Å²) in [6, 6.07) is 10.2. The second kappa shape index (κ2) is 3.40. The molecule has 0 aliphatic heterocycles. The molecule has 3 heterocycles. The maximum atomic E-state index is 4.29. The smallest absolute Gasteiger partial charge is 0.201 e. The van der Waals surface area contributed by atoms with Crippen molar-refractivity contribution < 1.29 is 0 Å². The number of hydrogen-bond acceptors (Lipinski definition) is 3. The summed E-state index contributed by atoms with van der Waals surface area (Å²) in [5, 5.41) is 11.8. The zero-order valence-electron chi connectivity index (χ0n) is 9.38. The van der Waals surface area contributed by atoms with Crippen LogP contribution < -0.4 is 0 Å². The fourth-order valence-electron chi connectivity index (χ4n) is 2.20. The van der Waals surface area contributed by atoms with Gasteiger partial charge in [0.05, 0.1) is 0 Å². The molecule has 5 heteroatoms. The molecule has 4 aromatic rings. The van der Waals surface area contributed by atoms with Crippen molar-refractivity contribution in [2.45, 2.75) is 0 Å². The van der Waals surface area contributed by atoms with E-state index in [0.29, 0.717) is 5.65 Å². The Morgan fingerprint density at radius 3 is 3.00 bits per heavy atom. The first-order chi connectivity index (χ1) is 8.92. The van der Waals surface area contributed by atoms with Gasteiger partial charge in [0.15, 0.2) is 0 Å². The average molecular weight is 235 g/mol. The Bertz CT molecular complexity index is 842. The monoisotopic (exact) mass is 235 g/mol. The number of aromatic nitrogens is 5. The van der Waals surface area contributed by atoms with Gasteiger partial charge in [-0.15, -0.1) is 5.10 Å². The Morgan fingerprint density at radius 2 is 2.00 bits per heavy atom. The second-order valence-corrected chi connectivity index (χ2v) is 4.14. The van der Waals surface area contributed by atoms with Gasteiger partial charge in [0.25, 0.3) is 0 Å². The van der Waals surface area contributed by atoms with Gasteiger partial charge in [-0.3, -0.25) is 0 Å². The molecule has 0 bridgehead atoms. The van der Waals surface area contributed by atoms with Gasteiger partial charge in [-0.25, -0.2) is 4.98 Å². The number of hydrogen-bond donors (Lipinski definition) is 2. The summed E-state index contributed by atoms with van der Waals surface area (Å²) < 4.78 is 0. The van der Waals surface area contributed by atoms with Crippen molar-refractivity contribution >= 4 is 22.1 Å². The SMILES string of the molecule is c1ccc2c(-c3cnc4n[nH]nc4c3)c[nH]c2c1. The number of nitrogens with one attached hydrogen (secondary N) is 2. The minimum Gasteiger partial charge on any atom is -0.361 e. The molecule has 0 saturated carbocycles. The molecule has 86 valence electrons. The zero-order chi connectivity index (χ0) is 11.9. The summed E-state index contributed by atoms with van der Waals surface area (Å²) in [6.07, 6.45) is 3.81. The number of rotatable bonds is 1. The Kier molecular flexibility index (Phi) is 1.77. The van der Waals surface area contributed by atoms with Gasteiger partial charge >= 0.3 is 0 Å². The number of para-hydroxylation sites is 1. The van der Waals surface area contributed by atoms with E-state index < -0.39 is 0 Å². The number of fused-ring (bicyclic) bond motifs is 2. The van der Waals surface area contributed by atoms with E-state index in [-0.39, 0.29) is 0 Å². The topological polar surface area (TPSA) is 70.2 Å². The largest absolute Gasteiger partial charge is 0.361 e. The maximum Gasteiger partial charge on any atom is 0.201 e. The van der Waals surface area contributed by atoms with Gasteiger partial charge < -0.3 is 4.98 Å². The molecule has 0 atom stereocenters. The van der Waals surface area contributed by atoms with Crippen molar-refractivity contribution in [1.29, 1.82) is 0 Å². The van der Waals surface area contributed by atoms with Crippen LogP contribution in [0.25, 0.3) is 33.2 Å². The van der Waals surface area contributed by atoms with E-state index >= 15 is 0 Å². The third-order valence-corrected chi connectivity index (χ3v) is 3.07. The highest BCUT2D eigenvalue weighted by Crippen LogP contribution is 2.28. The van der Waals surface area contributed by atoms with Crippen LogP contribution in [-0.4, -0.2) is 25.4 Å². The summed E-state index contributed by atoms with van der Waals surface area (Å²) in [5.41, 5.74) is 4.70. The summed E-state index contributed by atoms with van der Waals surface area (Å²) in [4.78, 5) is 7.54. The minimum atomic E-state index is 0.638. The van der Waals surface area contributed by atoms with Crippen LogP contribution in [0.5, 0.6) is 0 Å².